The molecular weight excluding hydrogens is 466 g/mol. The molecule has 0 saturated heterocycles. The number of aliphatic carboxylic acids is 1. The predicted molar refractivity (Wildman–Crippen MR) is 149 cm³/mol. The van der Waals surface area contributed by atoms with E-state index in [-0.39, 0.29) is 17.9 Å². The number of hydrogen-bond acceptors (Lipinski definition) is 4. The third-order valence-electron chi connectivity index (χ3n) is 8.42. The van der Waals surface area contributed by atoms with E-state index in [0.29, 0.717) is 18.4 Å². The van der Waals surface area contributed by atoms with E-state index < -0.39 is 17.1 Å². The lowest BCUT2D eigenvalue weighted by Crippen LogP contribution is -2.50. The van der Waals surface area contributed by atoms with Gasteiger partial charge in [0, 0.05) is 18.0 Å². The Bertz CT molecular complexity index is 1110. The standard InChI is InChI=1S/C31H45NO5/c1-10-30(36,11-2)20-37-26-17-15-24(19-22(26)6)31(12-3,13-4)23-14-16-25(21(5)18-23)27(33)32(9)29(7,8)28(34)35/h14-19,36H,10-13,20H2,1-9H3,(H,34,35). The average molecular weight is 512 g/mol. The van der Waals surface area contributed by atoms with Gasteiger partial charge < -0.3 is 19.8 Å². The largest absolute Gasteiger partial charge is 0.490 e. The van der Waals surface area contributed by atoms with Gasteiger partial charge in [-0.15, -0.1) is 0 Å². The van der Waals surface area contributed by atoms with Gasteiger partial charge >= 0.3 is 5.97 Å². The second-order valence-corrected chi connectivity index (χ2v) is 10.7. The van der Waals surface area contributed by atoms with E-state index in [9.17, 15) is 19.8 Å². The predicted octanol–water partition coefficient (Wildman–Crippen LogP) is 6.27. The van der Waals surface area contributed by atoms with Crippen LogP contribution in [0.1, 0.15) is 99.8 Å². The number of rotatable bonds is 12. The van der Waals surface area contributed by atoms with Gasteiger partial charge in [-0.25, -0.2) is 4.79 Å². The van der Waals surface area contributed by atoms with Crippen LogP contribution in [0.3, 0.4) is 0 Å². The molecule has 0 fully saturated rings. The molecule has 0 atom stereocenters. The molecule has 2 aromatic carbocycles. The molecule has 37 heavy (non-hydrogen) atoms. The highest BCUT2D eigenvalue weighted by Gasteiger charge is 2.37. The quantitative estimate of drug-likeness (QED) is 0.350. The number of aryl methyl sites for hydroxylation is 2. The maximum absolute atomic E-state index is 13.2. The molecule has 0 spiro atoms. The van der Waals surface area contributed by atoms with E-state index in [2.05, 4.69) is 32.0 Å². The number of likely N-dealkylation sites (N-methyl/N-ethyl adjacent to an activating group) is 1. The van der Waals surface area contributed by atoms with E-state index in [1.165, 1.54) is 31.4 Å². The summed E-state index contributed by atoms with van der Waals surface area (Å²) in [7, 11) is 1.53. The highest BCUT2D eigenvalue weighted by Crippen LogP contribution is 2.41. The van der Waals surface area contributed by atoms with E-state index in [1.54, 1.807) is 0 Å². The van der Waals surface area contributed by atoms with Crippen molar-refractivity contribution in [1.29, 1.82) is 0 Å². The van der Waals surface area contributed by atoms with Crippen LogP contribution in [0.4, 0.5) is 0 Å². The fraction of sp³-hybridized carbons (Fsp3) is 0.548. The summed E-state index contributed by atoms with van der Waals surface area (Å²) in [5.41, 5.74) is 2.22. The lowest BCUT2D eigenvalue weighted by atomic mass is 9.70. The average Bonchev–Trinajstić information content (AvgIpc) is 2.88. The summed E-state index contributed by atoms with van der Waals surface area (Å²) in [6.07, 6.45) is 3.01. The van der Waals surface area contributed by atoms with Gasteiger partial charge in [-0.05, 0) is 87.8 Å². The second-order valence-electron chi connectivity index (χ2n) is 10.7. The fourth-order valence-corrected chi connectivity index (χ4v) is 4.79. The minimum atomic E-state index is -1.32. The Morgan fingerprint density at radius 2 is 1.38 bits per heavy atom. The van der Waals surface area contributed by atoms with Crippen molar-refractivity contribution in [2.45, 2.75) is 97.6 Å². The second kappa shape index (κ2) is 11.7. The van der Waals surface area contributed by atoms with Gasteiger partial charge in [0.25, 0.3) is 5.91 Å². The van der Waals surface area contributed by atoms with Crippen LogP contribution in [0, 0.1) is 13.8 Å². The minimum Gasteiger partial charge on any atom is -0.490 e. The molecule has 0 aliphatic rings. The molecular formula is C31H45NO5. The first-order valence-corrected chi connectivity index (χ1v) is 13.3. The molecule has 2 rings (SSSR count). The van der Waals surface area contributed by atoms with E-state index in [0.717, 1.165) is 35.3 Å². The minimum absolute atomic E-state index is 0.255. The lowest BCUT2D eigenvalue weighted by molar-refractivity contribution is -0.147. The molecule has 2 aromatic rings. The monoisotopic (exact) mass is 511 g/mol. The van der Waals surface area contributed by atoms with Gasteiger partial charge in [0.15, 0.2) is 0 Å². The summed E-state index contributed by atoms with van der Waals surface area (Å²) < 4.78 is 6.02. The number of aliphatic hydroxyl groups is 1. The summed E-state index contributed by atoms with van der Waals surface area (Å²) in [5.74, 6) is -0.594. The molecule has 0 radical (unpaired) electrons. The Labute approximate surface area is 222 Å². The molecule has 0 aliphatic carbocycles. The third-order valence-corrected chi connectivity index (χ3v) is 8.42. The molecule has 0 saturated carbocycles. The van der Waals surface area contributed by atoms with Crippen molar-refractivity contribution in [2.24, 2.45) is 0 Å². The van der Waals surface area contributed by atoms with Crippen molar-refractivity contribution >= 4 is 11.9 Å². The van der Waals surface area contributed by atoms with Crippen LogP contribution in [-0.4, -0.2) is 51.8 Å². The van der Waals surface area contributed by atoms with Crippen LogP contribution < -0.4 is 4.74 Å². The van der Waals surface area contributed by atoms with Gasteiger partial charge in [-0.3, -0.25) is 4.79 Å². The van der Waals surface area contributed by atoms with E-state index in [4.69, 9.17) is 4.74 Å². The van der Waals surface area contributed by atoms with Crippen molar-refractivity contribution < 1.29 is 24.5 Å². The zero-order chi connectivity index (χ0) is 28.2. The Hall–Kier alpha value is -2.86. The van der Waals surface area contributed by atoms with Crippen molar-refractivity contribution in [3.63, 3.8) is 0 Å². The number of carboxylic acid groups (broad SMARTS) is 1. The molecule has 6 nitrogen and oxygen atoms in total. The third kappa shape index (κ3) is 6.01. The first-order valence-electron chi connectivity index (χ1n) is 13.3. The van der Waals surface area contributed by atoms with Crippen molar-refractivity contribution in [3.05, 3.63) is 64.2 Å². The number of carboxylic acids is 1. The Kier molecular flexibility index (Phi) is 9.58. The molecule has 0 unspecified atom stereocenters. The maximum Gasteiger partial charge on any atom is 0.329 e. The van der Waals surface area contributed by atoms with Gasteiger partial charge in [-0.2, -0.15) is 0 Å². The van der Waals surface area contributed by atoms with Crippen LogP contribution in [0.2, 0.25) is 0 Å². The summed E-state index contributed by atoms with van der Waals surface area (Å²) in [5, 5.41) is 20.1. The van der Waals surface area contributed by atoms with Crippen LogP contribution in [0.15, 0.2) is 36.4 Å². The topological polar surface area (TPSA) is 87.1 Å². The molecule has 1 amide bonds. The molecule has 2 N–H and O–H groups in total. The highest BCUT2D eigenvalue weighted by molar-refractivity contribution is 5.98. The maximum atomic E-state index is 13.2. The molecule has 6 heteroatoms. The normalized spacial score (nSPS) is 12.4. The summed E-state index contributed by atoms with van der Waals surface area (Å²) >= 11 is 0. The van der Waals surface area contributed by atoms with Crippen LogP contribution >= 0.6 is 0 Å². The summed E-state index contributed by atoms with van der Waals surface area (Å²) in [6, 6.07) is 12.1. The Balaban J connectivity index is 2.44. The van der Waals surface area contributed by atoms with Crippen LogP contribution in [-0.2, 0) is 10.2 Å². The van der Waals surface area contributed by atoms with Gasteiger partial charge in [0.05, 0.1) is 5.60 Å². The van der Waals surface area contributed by atoms with Gasteiger partial charge in [0.2, 0.25) is 0 Å². The number of amides is 1. The number of carbonyl (C=O) groups is 2. The van der Waals surface area contributed by atoms with Crippen molar-refractivity contribution in [3.8, 4) is 5.75 Å². The lowest BCUT2D eigenvalue weighted by Gasteiger charge is -2.35. The summed E-state index contributed by atoms with van der Waals surface area (Å²) in [6.45, 7) is 15.5. The van der Waals surface area contributed by atoms with Gasteiger partial charge in [-0.1, -0.05) is 52.0 Å². The van der Waals surface area contributed by atoms with E-state index >= 15 is 0 Å². The number of nitrogens with zero attached hydrogens (tertiary/aromatic N) is 1. The van der Waals surface area contributed by atoms with Gasteiger partial charge in [0.1, 0.15) is 17.9 Å². The van der Waals surface area contributed by atoms with Crippen molar-refractivity contribution in [2.75, 3.05) is 13.7 Å². The smallest absolute Gasteiger partial charge is 0.329 e. The number of hydrogen-bond donors (Lipinski definition) is 2. The molecule has 0 bridgehead atoms. The SMILES string of the molecule is CCC(O)(CC)COc1ccc(C(CC)(CC)c2ccc(C(=O)N(C)C(C)(C)C(=O)O)c(C)c2)cc1C. The molecule has 0 heterocycles. The summed E-state index contributed by atoms with van der Waals surface area (Å²) in [4.78, 5) is 26.1. The molecule has 204 valence electrons. The first kappa shape index (κ1) is 30.4. The van der Waals surface area contributed by atoms with Crippen LogP contribution in [0.5, 0.6) is 5.75 Å². The Morgan fingerprint density at radius 1 is 0.865 bits per heavy atom. The molecule has 0 aromatic heterocycles. The number of ether oxygens (including phenoxy) is 1. The fourth-order valence-electron chi connectivity index (χ4n) is 4.79. The highest BCUT2D eigenvalue weighted by atomic mass is 16.5. The Morgan fingerprint density at radius 3 is 1.81 bits per heavy atom. The van der Waals surface area contributed by atoms with E-state index in [1.807, 2.05) is 45.9 Å². The zero-order valence-corrected chi connectivity index (χ0v) is 24.1. The number of carbonyl (C=O) groups excluding carboxylic acids is 1. The van der Waals surface area contributed by atoms with Crippen LogP contribution in [0.25, 0.3) is 0 Å². The zero-order valence-electron chi connectivity index (χ0n) is 24.1. The van der Waals surface area contributed by atoms with Crippen molar-refractivity contribution in [1.82, 2.24) is 4.90 Å². The first-order chi connectivity index (χ1) is 17.2. The molecule has 0 aliphatic heterocycles. The number of benzene rings is 2.